The molecule has 2 N–H and O–H groups in total. The SMILES string of the molecule is CC.CCC(=O)N1Cc2nc(NCC3CC3)ncc2C1(C)C.CCc1ccccc1.CO. The largest absolute Gasteiger partial charge is 0.400 e. The van der Waals surface area contributed by atoms with E-state index >= 15 is 0 Å². The molecule has 1 amide bonds. The van der Waals surface area contributed by atoms with Gasteiger partial charge < -0.3 is 15.3 Å². The number of amides is 1. The molecule has 1 saturated carbocycles. The Kier molecular flexibility index (Phi) is 11.9. The first-order chi connectivity index (χ1) is 15.5. The van der Waals surface area contributed by atoms with Crippen molar-refractivity contribution in [2.24, 2.45) is 5.92 Å². The summed E-state index contributed by atoms with van der Waals surface area (Å²) in [6.07, 6.45) is 6.16. The highest BCUT2D eigenvalue weighted by Gasteiger charge is 2.41. The van der Waals surface area contributed by atoms with Crippen molar-refractivity contribution in [2.45, 2.75) is 79.3 Å². The van der Waals surface area contributed by atoms with Crippen LogP contribution in [0.5, 0.6) is 0 Å². The lowest BCUT2D eigenvalue weighted by Gasteiger charge is -2.31. The average molecular weight is 443 g/mol. The number of aryl methyl sites for hydroxylation is 1. The zero-order chi connectivity index (χ0) is 24.1. The third kappa shape index (κ3) is 7.59. The smallest absolute Gasteiger partial charge is 0.223 e. The van der Waals surface area contributed by atoms with Gasteiger partial charge in [-0.25, -0.2) is 9.97 Å². The van der Waals surface area contributed by atoms with Crippen molar-refractivity contribution in [3.63, 3.8) is 0 Å². The number of rotatable bonds is 5. The molecule has 0 bridgehead atoms. The number of carbonyl (C=O) groups excluding carboxylic acids is 1. The van der Waals surface area contributed by atoms with Crippen molar-refractivity contribution < 1.29 is 9.90 Å². The van der Waals surface area contributed by atoms with Gasteiger partial charge in [0.15, 0.2) is 0 Å². The van der Waals surface area contributed by atoms with E-state index in [-0.39, 0.29) is 11.4 Å². The van der Waals surface area contributed by atoms with Gasteiger partial charge >= 0.3 is 0 Å². The van der Waals surface area contributed by atoms with Gasteiger partial charge in [-0.1, -0.05) is 58.0 Å². The summed E-state index contributed by atoms with van der Waals surface area (Å²) in [5.74, 6) is 1.65. The van der Waals surface area contributed by atoms with Crippen LogP contribution in [-0.4, -0.2) is 39.5 Å². The Morgan fingerprint density at radius 2 is 1.78 bits per heavy atom. The number of nitrogens with one attached hydrogen (secondary N) is 1. The summed E-state index contributed by atoms with van der Waals surface area (Å²) in [4.78, 5) is 23.0. The normalized spacial score (nSPS) is 15.1. The van der Waals surface area contributed by atoms with Crippen molar-refractivity contribution in [3.8, 4) is 0 Å². The molecule has 2 aromatic rings. The lowest BCUT2D eigenvalue weighted by molar-refractivity contribution is -0.136. The molecular weight excluding hydrogens is 400 g/mol. The maximum Gasteiger partial charge on any atom is 0.223 e. The van der Waals surface area contributed by atoms with E-state index in [1.165, 1.54) is 18.4 Å². The topological polar surface area (TPSA) is 78.4 Å². The highest BCUT2D eigenvalue weighted by Crippen LogP contribution is 2.38. The second-order valence-corrected chi connectivity index (χ2v) is 8.11. The molecule has 1 aliphatic heterocycles. The van der Waals surface area contributed by atoms with Crippen LogP contribution < -0.4 is 5.32 Å². The molecule has 0 unspecified atom stereocenters. The fourth-order valence-corrected chi connectivity index (χ4v) is 3.49. The van der Waals surface area contributed by atoms with E-state index < -0.39 is 0 Å². The predicted molar refractivity (Wildman–Crippen MR) is 132 cm³/mol. The Bertz CT molecular complexity index is 805. The number of hydrogen-bond donors (Lipinski definition) is 2. The van der Waals surface area contributed by atoms with Crippen LogP contribution in [0.3, 0.4) is 0 Å². The average Bonchev–Trinajstić information content (AvgIpc) is 3.64. The van der Waals surface area contributed by atoms with Crippen LogP contribution >= 0.6 is 0 Å². The molecule has 0 radical (unpaired) electrons. The molecule has 0 atom stereocenters. The fraction of sp³-hybridized carbons (Fsp3) is 0.577. The van der Waals surface area contributed by atoms with Gasteiger partial charge in [-0.2, -0.15) is 0 Å². The number of nitrogens with zero attached hydrogens (tertiary/aromatic N) is 3. The van der Waals surface area contributed by atoms with E-state index in [0.29, 0.717) is 18.9 Å². The van der Waals surface area contributed by atoms with Gasteiger partial charge in [0.25, 0.3) is 0 Å². The highest BCUT2D eigenvalue weighted by molar-refractivity contribution is 5.77. The summed E-state index contributed by atoms with van der Waals surface area (Å²) in [5, 5.41) is 10.3. The quantitative estimate of drug-likeness (QED) is 0.668. The molecule has 6 heteroatoms. The molecule has 1 aliphatic carbocycles. The first kappa shape index (κ1) is 27.6. The number of anilines is 1. The Morgan fingerprint density at radius 3 is 2.28 bits per heavy atom. The lowest BCUT2D eigenvalue weighted by Crippen LogP contribution is -2.39. The van der Waals surface area contributed by atoms with Crippen molar-refractivity contribution in [2.75, 3.05) is 19.0 Å². The summed E-state index contributed by atoms with van der Waals surface area (Å²) in [7, 11) is 1.00. The van der Waals surface area contributed by atoms with Gasteiger partial charge in [-0.3, -0.25) is 4.79 Å². The van der Waals surface area contributed by atoms with Gasteiger partial charge in [0.05, 0.1) is 17.8 Å². The molecule has 1 aromatic carbocycles. The van der Waals surface area contributed by atoms with E-state index in [9.17, 15) is 4.79 Å². The second kappa shape index (κ2) is 13.8. The fourth-order valence-electron chi connectivity index (χ4n) is 3.49. The summed E-state index contributed by atoms with van der Waals surface area (Å²) in [6, 6.07) is 10.5. The number of aliphatic hydroxyl groups excluding tert-OH is 1. The number of aliphatic hydroxyl groups is 1. The minimum atomic E-state index is -0.308. The van der Waals surface area contributed by atoms with E-state index in [2.05, 4.69) is 60.3 Å². The number of carbonyl (C=O) groups is 1. The van der Waals surface area contributed by atoms with Crippen molar-refractivity contribution >= 4 is 11.9 Å². The molecule has 1 fully saturated rings. The Hall–Kier alpha value is -2.47. The Labute approximate surface area is 194 Å². The molecule has 0 saturated heterocycles. The van der Waals surface area contributed by atoms with Crippen LogP contribution in [0.25, 0.3) is 0 Å². The molecule has 4 rings (SSSR count). The van der Waals surface area contributed by atoms with Crippen LogP contribution in [0, 0.1) is 5.92 Å². The molecule has 2 heterocycles. The predicted octanol–water partition coefficient (Wildman–Crippen LogP) is 5.17. The van der Waals surface area contributed by atoms with Crippen molar-refractivity contribution in [1.82, 2.24) is 14.9 Å². The van der Waals surface area contributed by atoms with Gasteiger partial charge in [0.2, 0.25) is 11.9 Å². The molecule has 178 valence electrons. The minimum Gasteiger partial charge on any atom is -0.400 e. The summed E-state index contributed by atoms with van der Waals surface area (Å²) < 4.78 is 0. The van der Waals surface area contributed by atoms with Crippen LogP contribution in [0.4, 0.5) is 5.95 Å². The lowest BCUT2D eigenvalue weighted by atomic mass is 9.97. The zero-order valence-electron chi connectivity index (χ0n) is 21.0. The standard InChI is InChI=1S/C15H22N4O.C8H10.C2H6.CH4O/c1-4-13(20)19-9-12-11(15(19,2)3)8-17-14(18-12)16-7-10-5-6-10;1-2-8-6-4-3-5-7-8;2*1-2/h8,10H,4-7,9H2,1-3H3,(H,16,17,18);3-7H,2H2,1H3;1-2H3;2H,1H3. The number of fused-ring (bicyclic) bond motifs is 1. The van der Waals surface area contributed by atoms with Gasteiger partial charge in [0.1, 0.15) is 0 Å². The third-order valence-corrected chi connectivity index (χ3v) is 5.61. The summed E-state index contributed by atoms with van der Waals surface area (Å²) >= 11 is 0. The van der Waals surface area contributed by atoms with Gasteiger partial charge in [-0.05, 0) is 44.6 Å². The molecule has 1 aromatic heterocycles. The Balaban J connectivity index is 0.000000357. The maximum atomic E-state index is 12.1. The number of benzene rings is 1. The minimum absolute atomic E-state index is 0.167. The number of aromatic nitrogens is 2. The monoisotopic (exact) mass is 442 g/mol. The highest BCUT2D eigenvalue weighted by atomic mass is 16.2. The zero-order valence-corrected chi connectivity index (χ0v) is 21.0. The van der Waals surface area contributed by atoms with Crippen LogP contribution in [0.1, 0.15) is 77.6 Å². The molecular formula is C26H42N4O2. The van der Waals surface area contributed by atoms with E-state index in [4.69, 9.17) is 5.11 Å². The van der Waals surface area contributed by atoms with Gasteiger partial charge in [-0.15, -0.1) is 0 Å². The van der Waals surface area contributed by atoms with Crippen LogP contribution in [0.15, 0.2) is 36.5 Å². The van der Waals surface area contributed by atoms with E-state index in [1.54, 1.807) is 0 Å². The van der Waals surface area contributed by atoms with Crippen molar-refractivity contribution in [1.29, 1.82) is 0 Å². The van der Waals surface area contributed by atoms with Gasteiger partial charge in [0, 0.05) is 31.8 Å². The molecule has 2 aliphatic rings. The van der Waals surface area contributed by atoms with Crippen LogP contribution in [0.2, 0.25) is 0 Å². The molecule has 0 spiro atoms. The van der Waals surface area contributed by atoms with Crippen molar-refractivity contribution in [3.05, 3.63) is 53.3 Å². The summed E-state index contributed by atoms with van der Waals surface area (Å²) in [5.41, 5.74) is 3.14. The van der Waals surface area contributed by atoms with Crippen LogP contribution in [-0.2, 0) is 23.3 Å². The second-order valence-electron chi connectivity index (χ2n) is 8.11. The van der Waals surface area contributed by atoms with E-state index in [0.717, 1.165) is 37.3 Å². The first-order valence-corrected chi connectivity index (χ1v) is 11.8. The molecule has 6 nitrogen and oxygen atoms in total. The Morgan fingerprint density at radius 1 is 1.16 bits per heavy atom. The molecule has 32 heavy (non-hydrogen) atoms. The maximum absolute atomic E-state index is 12.1. The third-order valence-electron chi connectivity index (χ3n) is 5.61. The van der Waals surface area contributed by atoms with E-state index in [1.807, 2.05) is 37.9 Å². The number of hydrogen-bond acceptors (Lipinski definition) is 5. The summed E-state index contributed by atoms with van der Waals surface area (Å²) in [6.45, 7) is 13.7. The first-order valence-electron chi connectivity index (χ1n) is 11.8.